The molecule has 16 heavy (non-hydrogen) atoms. The van der Waals surface area contributed by atoms with Crippen LogP contribution in [0.2, 0.25) is 0 Å². The van der Waals surface area contributed by atoms with Crippen LogP contribution in [0.25, 0.3) is 0 Å². The summed E-state index contributed by atoms with van der Waals surface area (Å²) < 4.78 is 5.11. The zero-order valence-electron chi connectivity index (χ0n) is 9.97. The van der Waals surface area contributed by atoms with E-state index in [2.05, 4.69) is 34.0 Å². The highest BCUT2D eigenvalue weighted by Crippen LogP contribution is 2.15. The van der Waals surface area contributed by atoms with E-state index >= 15 is 0 Å². The van der Waals surface area contributed by atoms with E-state index in [1.54, 1.807) is 19.4 Å². The molecule has 2 heterocycles. The van der Waals surface area contributed by atoms with Gasteiger partial charge in [0.25, 0.3) is 0 Å². The molecule has 0 bridgehead atoms. The molecule has 1 aliphatic rings. The van der Waals surface area contributed by atoms with Crippen LogP contribution in [-0.2, 0) is 0 Å². The summed E-state index contributed by atoms with van der Waals surface area (Å²) in [4.78, 5) is 10.8. The number of hydrogen-bond donors (Lipinski definition) is 1. The molecule has 0 saturated carbocycles. The van der Waals surface area contributed by atoms with Gasteiger partial charge in [0.1, 0.15) is 0 Å². The van der Waals surface area contributed by atoms with Crippen molar-refractivity contribution in [3.05, 3.63) is 12.3 Å². The van der Waals surface area contributed by atoms with Gasteiger partial charge in [-0.25, -0.2) is 4.98 Å². The Bertz CT molecular complexity index is 348. The molecule has 1 aromatic heterocycles. The van der Waals surface area contributed by atoms with Gasteiger partial charge in [0, 0.05) is 37.4 Å². The van der Waals surface area contributed by atoms with E-state index in [-0.39, 0.29) is 0 Å². The van der Waals surface area contributed by atoms with Crippen molar-refractivity contribution in [3.8, 4) is 5.88 Å². The van der Waals surface area contributed by atoms with Gasteiger partial charge < -0.3 is 15.0 Å². The molecule has 2 atom stereocenters. The number of anilines is 1. The summed E-state index contributed by atoms with van der Waals surface area (Å²) in [5, 5.41) is 3.48. The molecule has 5 heteroatoms. The number of methoxy groups -OCH3 is 1. The van der Waals surface area contributed by atoms with Gasteiger partial charge in [0.2, 0.25) is 11.8 Å². The molecule has 0 amide bonds. The van der Waals surface area contributed by atoms with Crippen molar-refractivity contribution in [2.45, 2.75) is 25.9 Å². The second-order valence-electron chi connectivity index (χ2n) is 4.27. The van der Waals surface area contributed by atoms with Crippen LogP contribution in [0.5, 0.6) is 5.88 Å². The first-order valence-electron chi connectivity index (χ1n) is 5.57. The van der Waals surface area contributed by atoms with Crippen molar-refractivity contribution < 1.29 is 4.74 Å². The Morgan fingerprint density at radius 2 is 2.06 bits per heavy atom. The molecule has 0 spiro atoms. The second-order valence-corrected chi connectivity index (χ2v) is 4.27. The maximum atomic E-state index is 5.11. The molecule has 1 aromatic rings. The number of piperazine rings is 1. The molecule has 1 aliphatic heterocycles. The van der Waals surface area contributed by atoms with E-state index in [9.17, 15) is 0 Å². The van der Waals surface area contributed by atoms with Crippen molar-refractivity contribution in [1.82, 2.24) is 15.3 Å². The molecule has 0 radical (unpaired) electrons. The van der Waals surface area contributed by atoms with Crippen molar-refractivity contribution in [1.29, 1.82) is 0 Å². The lowest BCUT2D eigenvalue weighted by molar-refractivity contribution is 0.387. The van der Waals surface area contributed by atoms with E-state index in [1.807, 2.05) is 0 Å². The van der Waals surface area contributed by atoms with Crippen LogP contribution in [0.4, 0.5) is 5.95 Å². The first kappa shape index (κ1) is 11.1. The third-order valence-electron chi connectivity index (χ3n) is 2.67. The van der Waals surface area contributed by atoms with Gasteiger partial charge in [-0.3, -0.25) is 0 Å². The molecule has 1 N–H and O–H groups in total. The Kier molecular flexibility index (Phi) is 3.24. The quantitative estimate of drug-likeness (QED) is 0.797. The molecule has 1 saturated heterocycles. The van der Waals surface area contributed by atoms with Crippen LogP contribution < -0.4 is 15.0 Å². The molecule has 1 fully saturated rings. The van der Waals surface area contributed by atoms with Crippen molar-refractivity contribution in [2.75, 3.05) is 25.1 Å². The molecular weight excluding hydrogens is 204 g/mol. The molecule has 5 nitrogen and oxygen atoms in total. The van der Waals surface area contributed by atoms with Crippen LogP contribution in [0, 0.1) is 0 Å². The lowest BCUT2D eigenvalue weighted by Gasteiger charge is -2.36. The van der Waals surface area contributed by atoms with Gasteiger partial charge in [-0.1, -0.05) is 0 Å². The average Bonchev–Trinajstić information content (AvgIpc) is 2.28. The van der Waals surface area contributed by atoms with Gasteiger partial charge in [0.15, 0.2) is 0 Å². The number of nitrogens with one attached hydrogen (secondary N) is 1. The van der Waals surface area contributed by atoms with Gasteiger partial charge in [-0.2, -0.15) is 4.98 Å². The van der Waals surface area contributed by atoms with Gasteiger partial charge in [-0.15, -0.1) is 0 Å². The fraction of sp³-hybridized carbons (Fsp3) is 0.636. The Morgan fingerprint density at radius 3 is 2.69 bits per heavy atom. The zero-order chi connectivity index (χ0) is 11.5. The predicted molar refractivity (Wildman–Crippen MR) is 62.9 cm³/mol. The fourth-order valence-electron chi connectivity index (χ4n) is 2.09. The lowest BCUT2D eigenvalue weighted by atomic mass is 10.1. The summed E-state index contributed by atoms with van der Waals surface area (Å²) in [6.45, 7) is 6.20. The molecule has 0 aromatic carbocycles. The van der Waals surface area contributed by atoms with Crippen LogP contribution in [-0.4, -0.2) is 42.3 Å². The fourth-order valence-corrected chi connectivity index (χ4v) is 2.09. The van der Waals surface area contributed by atoms with Crippen LogP contribution >= 0.6 is 0 Å². The van der Waals surface area contributed by atoms with Crippen LogP contribution in [0.3, 0.4) is 0 Å². The monoisotopic (exact) mass is 222 g/mol. The highest BCUT2D eigenvalue weighted by molar-refractivity contribution is 5.33. The van der Waals surface area contributed by atoms with Crippen molar-refractivity contribution in [2.24, 2.45) is 0 Å². The average molecular weight is 222 g/mol. The minimum Gasteiger partial charge on any atom is -0.481 e. The van der Waals surface area contributed by atoms with Crippen LogP contribution in [0.1, 0.15) is 13.8 Å². The molecule has 2 rings (SSSR count). The topological polar surface area (TPSA) is 50.3 Å². The summed E-state index contributed by atoms with van der Waals surface area (Å²) in [5.74, 6) is 1.36. The summed E-state index contributed by atoms with van der Waals surface area (Å²) in [7, 11) is 1.62. The predicted octanol–water partition coefficient (Wildman–Crippen LogP) is 0.672. The highest BCUT2D eigenvalue weighted by atomic mass is 16.5. The smallest absolute Gasteiger partial charge is 0.228 e. The molecule has 0 aliphatic carbocycles. The van der Waals surface area contributed by atoms with E-state index in [0.717, 1.165) is 19.0 Å². The van der Waals surface area contributed by atoms with E-state index in [1.165, 1.54) is 0 Å². The Labute approximate surface area is 95.8 Å². The molecule has 88 valence electrons. The Balaban J connectivity index is 2.16. The SMILES string of the molecule is COc1ccnc(N2CC(C)NC(C)C2)n1. The number of hydrogen-bond acceptors (Lipinski definition) is 5. The number of ether oxygens (including phenoxy) is 1. The third-order valence-corrected chi connectivity index (χ3v) is 2.67. The van der Waals surface area contributed by atoms with Gasteiger partial charge in [-0.05, 0) is 13.8 Å². The van der Waals surface area contributed by atoms with Gasteiger partial charge in [0.05, 0.1) is 7.11 Å². The van der Waals surface area contributed by atoms with E-state index < -0.39 is 0 Å². The van der Waals surface area contributed by atoms with Crippen molar-refractivity contribution in [3.63, 3.8) is 0 Å². The summed E-state index contributed by atoms with van der Waals surface area (Å²) in [5.41, 5.74) is 0. The van der Waals surface area contributed by atoms with Crippen LogP contribution in [0.15, 0.2) is 12.3 Å². The van der Waals surface area contributed by atoms with Gasteiger partial charge >= 0.3 is 0 Å². The maximum Gasteiger partial charge on any atom is 0.228 e. The third kappa shape index (κ3) is 2.41. The Morgan fingerprint density at radius 1 is 1.38 bits per heavy atom. The minimum atomic E-state index is 0.457. The lowest BCUT2D eigenvalue weighted by Crippen LogP contribution is -2.54. The number of rotatable bonds is 2. The summed E-state index contributed by atoms with van der Waals surface area (Å²) in [6, 6.07) is 2.68. The first-order valence-corrected chi connectivity index (χ1v) is 5.57. The summed E-state index contributed by atoms with van der Waals surface area (Å²) >= 11 is 0. The Hall–Kier alpha value is -1.36. The largest absolute Gasteiger partial charge is 0.481 e. The molecule has 2 unspecified atom stereocenters. The van der Waals surface area contributed by atoms with E-state index in [0.29, 0.717) is 18.0 Å². The molecular formula is C11H18N4O. The van der Waals surface area contributed by atoms with Crippen molar-refractivity contribution >= 4 is 5.95 Å². The minimum absolute atomic E-state index is 0.457. The highest BCUT2D eigenvalue weighted by Gasteiger charge is 2.22. The van der Waals surface area contributed by atoms with E-state index in [4.69, 9.17) is 4.74 Å². The standard InChI is InChI=1S/C11H18N4O/c1-8-6-15(7-9(2)13-8)11-12-5-4-10(14-11)16-3/h4-5,8-9,13H,6-7H2,1-3H3. The first-order chi connectivity index (χ1) is 7.69. The normalized spacial score (nSPS) is 25.6. The number of nitrogens with zero attached hydrogens (tertiary/aromatic N) is 3. The second kappa shape index (κ2) is 4.65. The zero-order valence-corrected chi connectivity index (χ0v) is 9.97. The maximum absolute atomic E-state index is 5.11. The summed E-state index contributed by atoms with van der Waals surface area (Å²) in [6.07, 6.45) is 1.73. The number of aromatic nitrogens is 2.